The van der Waals surface area contributed by atoms with Gasteiger partial charge in [0.25, 0.3) is 0 Å². The molecule has 0 aromatic heterocycles. The summed E-state index contributed by atoms with van der Waals surface area (Å²) in [5.41, 5.74) is 1.42. The number of hydrogen-bond acceptors (Lipinski definition) is 5. The van der Waals surface area contributed by atoms with Gasteiger partial charge in [-0.2, -0.15) is 0 Å². The van der Waals surface area contributed by atoms with Crippen molar-refractivity contribution in [3.8, 4) is 11.5 Å². The highest BCUT2D eigenvalue weighted by Gasteiger charge is 2.44. The Morgan fingerprint density at radius 1 is 0.939 bits per heavy atom. The van der Waals surface area contributed by atoms with Gasteiger partial charge in [-0.1, -0.05) is 42.5 Å². The summed E-state index contributed by atoms with van der Waals surface area (Å²) < 4.78 is 37.6. The van der Waals surface area contributed by atoms with Gasteiger partial charge >= 0.3 is 0 Å². The quantitative estimate of drug-likeness (QED) is 0.435. The monoisotopic (exact) mass is 450 g/mol. The number of carbonyl (C=O) groups excluding carboxylic acids is 1. The molecule has 3 aromatic carbocycles. The first-order chi connectivity index (χ1) is 15.9. The van der Waals surface area contributed by atoms with Crippen molar-refractivity contribution in [1.82, 2.24) is 0 Å². The van der Waals surface area contributed by atoms with Gasteiger partial charge in [0, 0.05) is 17.5 Å². The van der Waals surface area contributed by atoms with Gasteiger partial charge in [-0.05, 0) is 49.7 Å². The number of carbonyl (C=O) groups is 1. The van der Waals surface area contributed by atoms with Gasteiger partial charge in [-0.3, -0.25) is 4.79 Å². The molecule has 0 bridgehead atoms. The van der Waals surface area contributed by atoms with Crippen molar-refractivity contribution in [3.63, 3.8) is 0 Å². The largest absolute Gasteiger partial charge is 0.489 e. The van der Waals surface area contributed by atoms with Gasteiger partial charge in [0.2, 0.25) is 0 Å². The van der Waals surface area contributed by atoms with E-state index in [1.807, 2.05) is 44.2 Å². The Bertz CT molecular complexity index is 1070. The maximum atomic E-state index is 13.1. The zero-order valence-corrected chi connectivity index (χ0v) is 18.8. The molecule has 0 aliphatic carbocycles. The molecule has 0 saturated carbocycles. The number of rotatable bonds is 8. The lowest BCUT2D eigenvalue weighted by atomic mass is 9.93. The Morgan fingerprint density at radius 3 is 2.30 bits per heavy atom. The molecule has 0 atom stereocenters. The molecule has 1 heterocycles. The molecule has 0 amide bonds. The number of benzene rings is 3. The van der Waals surface area contributed by atoms with Gasteiger partial charge in [0.15, 0.2) is 22.9 Å². The molecule has 1 fully saturated rings. The minimum Gasteiger partial charge on any atom is -0.489 e. The van der Waals surface area contributed by atoms with Crippen LogP contribution in [-0.2, 0) is 21.5 Å². The van der Waals surface area contributed by atoms with Crippen molar-refractivity contribution < 1.29 is 28.1 Å². The summed E-state index contributed by atoms with van der Waals surface area (Å²) in [6.45, 7) is 4.62. The highest BCUT2D eigenvalue weighted by Crippen LogP contribution is 2.39. The van der Waals surface area contributed by atoms with Crippen molar-refractivity contribution in [1.29, 1.82) is 0 Å². The van der Waals surface area contributed by atoms with Crippen LogP contribution in [0.25, 0.3) is 0 Å². The Morgan fingerprint density at radius 2 is 1.64 bits per heavy atom. The average molecular weight is 451 g/mol. The van der Waals surface area contributed by atoms with E-state index in [4.69, 9.17) is 18.9 Å². The molecule has 0 radical (unpaired) electrons. The predicted octanol–water partition coefficient (Wildman–Crippen LogP) is 5.32. The summed E-state index contributed by atoms with van der Waals surface area (Å²) in [6.07, 6.45) is 1.36. The van der Waals surface area contributed by atoms with Crippen LogP contribution in [0.2, 0.25) is 0 Å². The molecule has 172 valence electrons. The number of ether oxygens (including phenoxy) is 4. The van der Waals surface area contributed by atoms with Crippen LogP contribution >= 0.6 is 0 Å². The SMILES string of the molecule is CC1(C)OCC(Oc2cc(C=O)ccc2OCCc2ccc(F)cc2)(c2ccccc2)CO1. The van der Waals surface area contributed by atoms with Crippen molar-refractivity contribution in [2.45, 2.75) is 31.7 Å². The number of halogens is 1. The normalized spacial score (nSPS) is 16.7. The molecule has 6 heteroatoms. The summed E-state index contributed by atoms with van der Waals surface area (Å²) in [5, 5.41) is 0. The molecular formula is C27H27FO5. The average Bonchev–Trinajstić information content (AvgIpc) is 2.83. The standard InChI is InChI=1S/C27H27FO5/c1-26(2)31-18-27(19-32-26,22-6-4-3-5-7-22)33-25-16-21(17-29)10-13-24(25)30-15-14-20-8-11-23(28)12-9-20/h3-13,16-17H,14-15,18-19H2,1-2H3. The van der Waals surface area contributed by atoms with E-state index in [1.54, 1.807) is 30.3 Å². The Balaban J connectivity index is 1.59. The van der Waals surface area contributed by atoms with Crippen molar-refractivity contribution in [3.05, 3.63) is 95.3 Å². The smallest absolute Gasteiger partial charge is 0.181 e. The van der Waals surface area contributed by atoms with Gasteiger partial charge in [-0.25, -0.2) is 4.39 Å². The van der Waals surface area contributed by atoms with Crippen molar-refractivity contribution >= 4 is 6.29 Å². The van der Waals surface area contributed by atoms with E-state index < -0.39 is 11.4 Å². The molecule has 1 aliphatic rings. The van der Waals surface area contributed by atoms with Crippen LogP contribution in [0.3, 0.4) is 0 Å². The summed E-state index contributed by atoms with van der Waals surface area (Å²) in [7, 11) is 0. The van der Waals surface area contributed by atoms with Crippen molar-refractivity contribution in [2.24, 2.45) is 0 Å². The maximum Gasteiger partial charge on any atom is 0.181 e. The fourth-order valence-electron chi connectivity index (χ4n) is 3.63. The van der Waals surface area contributed by atoms with E-state index in [1.165, 1.54) is 12.1 Å². The zero-order chi connectivity index (χ0) is 23.3. The third-order valence-electron chi connectivity index (χ3n) is 5.58. The zero-order valence-electron chi connectivity index (χ0n) is 18.8. The van der Waals surface area contributed by atoms with E-state index in [2.05, 4.69) is 0 Å². The molecule has 3 aromatic rings. The van der Waals surface area contributed by atoms with Crippen LogP contribution in [0.4, 0.5) is 4.39 Å². The third-order valence-corrected chi connectivity index (χ3v) is 5.58. The Labute approximate surface area is 193 Å². The molecular weight excluding hydrogens is 423 g/mol. The minimum absolute atomic E-state index is 0.268. The first-order valence-electron chi connectivity index (χ1n) is 10.9. The van der Waals surface area contributed by atoms with Crippen LogP contribution in [0.1, 0.15) is 35.3 Å². The number of aldehydes is 1. The van der Waals surface area contributed by atoms with Crippen LogP contribution in [0.5, 0.6) is 11.5 Å². The second kappa shape index (κ2) is 9.73. The lowest BCUT2D eigenvalue weighted by Gasteiger charge is -2.43. The molecule has 0 spiro atoms. The first kappa shape index (κ1) is 23.0. The molecule has 0 unspecified atom stereocenters. The van der Waals surface area contributed by atoms with Crippen LogP contribution in [0, 0.1) is 5.82 Å². The van der Waals surface area contributed by atoms with E-state index in [0.29, 0.717) is 30.1 Å². The summed E-state index contributed by atoms with van der Waals surface area (Å²) >= 11 is 0. The van der Waals surface area contributed by atoms with Gasteiger partial charge in [-0.15, -0.1) is 0 Å². The second-order valence-corrected chi connectivity index (χ2v) is 8.49. The van der Waals surface area contributed by atoms with Gasteiger partial charge in [0.05, 0.1) is 19.8 Å². The molecule has 1 aliphatic heterocycles. The molecule has 5 nitrogen and oxygen atoms in total. The van der Waals surface area contributed by atoms with Crippen molar-refractivity contribution in [2.75, 3.05) is 19.8 Å². The van der Waals surface area contributed by atoms with E-state index >= 15 is 0 Å². The summed E-state index contributed by atoms with van der Waals surface area (Å²) in [6, 6.07) is 21.1. The molecule has 0 N–H and O–H groups in total. The van der Waals surface area contributed by atoms with Crippen LogP contribution in [-0.4, -0.2) is 31.9 Å². The topological polar surface area (TPSA) is 54.0 Å². The maximum absolute atomic E-state index is 13.1. The van der Waals surface area contributed by atoms with E-state index in [-0.39, 0.29) is 19.0 Å². The van der Waals surface area contributed by atoms with E-state index in [0.717, 1.165) is 17.4 Å². The Hall–Kier alpha value is -3.22. The highest BCUT2D eigenvalue weighted by atomic mass is 19.1. The fraction of sp³-hybridized carbons (Fsp3) is 0.296. The fourth-order valence-corrected chi connectivity index (χ4v) is 3.63. The first-order valence-corrected chi connectivity index (χ1v) is 10.9. The van der Waals surface area contributed by atoms with Crippen LogP contribution in [0.15, 0.2) is 72.8 Å². The molecule has 33 heavy (non-hydrogen) atoms. The molecule has 1 saturated heterocycles. The summed E-state index contributed by atoms with van der Waals surface area (Å²) in [5.74, 6) is -0.0655. The lowest BCUT2D eigenvalue weighted by Crippen LogP contribution is -2.52. The second-order valence-electron chi connectivity index (χ2n) is 8.49. The highest BCUT2D eigenvalue weighted by molar-refractivity contribution is 5.76. The molecule has 4 rings (SSSR count). The lowest BCUT2D eigenvalue weighted by molar-refractivity contribution is -0.299. The third kappa shape index (κ3) is 5.59. The van der Waals surface area contributed by atoms with Crippen LogP contribution < -0.4 is 9.47 Å². The predicted molar refractivity (Wildman–Crippen MR) is 122 cm³/mol. The van der Waals surface area contributed by atoms with Gasteiger partial charge < -0.3 is 18.9 Å². The van der Waals surface area contributed by atoms with Gasteiger partial charge in [0.1, 0.15) is 12.1 Å². The Kier molecular flexibility index (Phi) is 6.77. The van der Waals surface area contributed by atoms with E-state index in [9.17, 15) is 9.18 Å². The summed E-state index contributed by atoms with van der Waals surface area (Å²) in [4.78, 5) is 11.4. The minimum atomic E-state index is -0.909. The number of hydrogen-bond donors (Lipinski definition) is 0.